The summed E-state index contributed by atoms with van der Waals surface area (Å²) in [5, 5.41) is 2.99. The van der Waals surface area contributed by atoms with Gasteiger partial charge in [0.15, 0.2) is 11.7 Å². The van der Waals surface area contributed by atoms with Crippen LogP contribution in [-0.2, 0) is 16.0 Å². The number of aromatic nitrogens is 1. The molecule has 1 fully saturated rings. The molecule has 0 spiro atoms. The Balaban J connectivity index is 1.20. The summed E-state index contributed by atoms with van der Waals surface area (Å²) < 4.78 is 18.8. The third-order valence-corrected chi connectivity index (χ3v) is 6.21. The van der Waals surface area contributed by atoms with E-state index in [4.69, 9.17) is 4.42 Å². The minimum absolute atomic E-state index is 0.0426. The standard InChI is InChI=1S/C26H29FN4O3/c1-18-4-3-5-22(19(18)2)29-24(32)17-30-12-14-31(15-13-30)26(33)11-10-25-28-16-23(34-25)20-6-8-21(27)9-7-20/h3-9,16H,10-15,17H2,1-2H3,(H,29,32). The molecule has 1 aliphatic heterocycles. The lowest BCUT2D eigenvalue weighted by molar-refractivity contribution is -0.133. The number of amides is 2. The SMILES string of the molecule is Cc1cccc(NC(=O)CN2CCN(C(=O)CCc3ncc(-c4ccc(F)cc4)o3)CC2)c1C. The molecule has 8 heteroatoms. The number of anilines is 1. The molecule has 0 atom stereocenters. The predicted molar refractivity (Wildman–Crippen MR) is 128 cm³/mol. The van der Waals surface area contributed by atoms with E-state index >= 15 is 0 Å². The molecule has 0 unspecified atom stereocenters. The van der Waals surface area contributed by atoms with Crippen LogP contribution in [0.4, 0.5) is 10.1 Å². The summed E-state index contributed by atoms with van der Waals surface area (Å²) in [4.78, 5) is 33.2. The van der Waals surface area contributed by atoms with Crippen LogP contribution in [0.25, 0.3) is 11.3 Å². The average molecular weight is 465 g/mol. The van der Waals surface area contributed by atoms with Crippen molar-refractivity contribution in [2.45, 2.75) is 26.7 Å². The highest BCUT2D eigenvalue weighted by Gasteiger charge is 2.23. The topological polar surface area (TPSA) is 78.7 Å². The fraction of sp³-hybridized carbons (Fsp3) is 0.346. The summed E-state index contributed by atoms with van der Waals surface area (Å²) in [5.74, 6) is 0.719. The van der Waals surface area contributed by atoms with Gasteiger partial charge >= 0.3 is 0 Å². The number of nitrogens with one attached hydrogen (secondary N) is 1. The van der Waals surface area contributed by atoms with E-state index in [2.05, 4.69) is 15.2 Å². The molecule has 2 aromatic carbocycles. The molecule has 178 valence electrons. The highest BCUT2D eigenvalue weighted by molar-refractivity contribution is 5.93. The lowest BCUT2D eigenvalue weighted by Crippen LogP contribution is -2.50. The van der Waals surface area contributed by atoms with Gasteiger partial charge in [0, 0.05) is 50.3 Å². The van der Waals surface area contributed by atoms with Gasteiger partial charge in [-0.1, -0.05) is 12.1 Å². The number of benzene rings is 2. The maximum absolute atomic E-state index is 13.1. The maximum atomic E-state index is 13.1. The highest BCUT2D eigenvalue weighted by atomic mass is 19.1. The van der Waals surface area contributed by atoms with Gasteiger partial charge in [0.25, 0.3) is 0 Å². The van der Waals surface area contributed by atoms with E-state index in [0.717, 1.165) is 22.4 Å². The van der Waals surface area contributed by atoms with Gasteiger partial charge in [0.1, 0.15) is 5.82 Å². The Bertz CT molecular complexity index is 1150. The molecule has 2 heterocycles. The summed E-state index contributed by atoms with van der Waals surface area (Å²) in [6.45, 7) is 6.80. The minimum atomic E-state index is -0.309. The Hall–Kier alpha value is -3.52. The Morgan fingerprint density at radius 3 is 2.53 bits per heavy atom. The fourth-order valence-electron chi connectivity index (χ4n) is 3.98. The lowest BCUT2D eigenvalue weighted by Gasteiger charge is -2.34. The monoisotopic (exact) mass is 464 g/mol. The van der Waals surface area contributed by atoms with Crippen molar-refractivity contribution >= 4 is 17.5 Å². The Kier molecular flexibility index (Phi) is 7.37. The summed E-state index contributed by atoms with van der Waals surface area (Å²) >= 11 is 0. The summed E-state index contributed by atoms with van der Waals surface area (Å²) in [6.07, 6.45) is 2.30. The largest absolute Gasteiger partial charge is 0.441 e. The zero-order valence-electron chi connectivity index (χ0n) is 19.5. The van der Waals surface area contributed by atoms with Crippen molar-refractivity contribution in [3.63, 3.8) is 0 Å². The summed E-state index contributed by atoms with van der Waals surface area (Å²) in [7, 11) is 0. The quantitative estimate of drug-likeness (QED) is 0.575. The van der Waals surface area contributed by atoms with Gasteiger partial charge in [-0.3, -0.25) is 14.5 Å². The van der Waals surface area contributed by atoms with Crippen LogP contribution in [0.1, 0.15) is 23.4 Å². The zero-order chi connectivity index (χ0) is 24.1. The van der Waals surface area contributed by atoms with E-state index in [1.165, 1.54) is 12.1 Å². The van der Waals surface area contributed by atoms with Gasteiger partial charge in [0.05, 0.1) is 12.7 Å². The fourth-order valence-corrected chi connectivity index (χ4v) is 3.98. The van der Waals surface area contributed by atoms with Gasteiger partial charge in [-0.15, -0.1) is 0 Å². The second kappa shape index (κ2) is 10.6. The first-order valence-electron chi connectivity index (χ1n) is 11.5. The number of oxazole rings is 1. The van der Waals surface area contributed by atoms with Crippen LogP contribution in [0.15, 0.2) is 53.1 Å². The van der Waals surface area contributed by atoms with Crippen molar-refractivity contribution in [3.8, 4) is 11.3 Å². The number of nitrogens with zero attached hydrogens (tertiary/aromatic N) is 3. The van der Waals surface area contributed by atoms with Crippen molar-refractivity contribution in [2.24, 2.45) is 0 Å². The average Bonchev–Trinajstić information content (AvgIpc) is 3.30. The van der Waals surface area contributed by atoms with Crippen molar-refractivity contribution in [2.75, 3.05) is 38.0 Å². The van der Waals surface area contributed by atoms with E-state index in [-0.39, 0.29) is 17.6 Å². The van der Waals surface area contributed by atoms with E-state index in [1.54, 1.807) is 18.3 Å². The molecule has 4 rings (SSSR count). The van der Waals surface area contributed by atoms with Crippen molar-refractivity contribution in [1.82, 2.24) is 14.8 Å². The zero-order valence-corrected chi connectivity index (χ0v) is 19.5. The van der Waals surface area contributed by atoms with Crippen LogP contribution < -0.4 is 5.32 Å². The third kappa shape index (κ3) is 5.88. The number of hydrogen-bond donors (Lipinski definition) is 1. The summed E-state index contributed by atoms with van der Waals surface area (Å²) in [6, 6.07) is 11.9. The molecular formula is C26H29FN4O3. The minimum Gasteiger partial charge on any atom is -0.441 e. The van der Waals surface area contributed by atoms with E-state index in [1.807, 2.05) is 36.9 Å². The second-order valence-corrected chi connectivity index (χ2v) is 8.58. The van der Waals surface area contributed by atoms with Crippen LogP contribution in [0, 0.1) is 19.7 Å². The van der Waals surface area contributed by atoms with E-state index in [9.17, 15) is 14.0 Å². The molecule has 3 aromatic rings. The number of halogens is 1. The second-order valence-electron chi connectivity index (χ2n) is 8.58. The molecule has 1 saturated heterocycles. The van der Waals surface area contributed by atoms with Gasteiger partial charge in [0.2, 0.25) is 11.8 Å². The first kappa shape index (κ1) is 23.6. The third-order valence-electron chi connectivity index (χ3n) is 6.21. The van der Waals surface area contributed by atoms with Crippen LogP contribution in [0.3, 0.4) is 0 Å². The first-order chi connectivity index (χ1) is 16.4. The molecule has 0 radical (unpaired) electrons. The Morgan fingerprint density at radius 1 is 1.06 bits per heavy atom. The molecule has 0 saturated carbocycles. The maximum Gasteiger partial charge on any atom is 0.238 e. The first-order valence-corrected chi connectivity index (χ1v) is 11.5. The van der Waals surface area contributed by atoms with Crippen molar-refractivity contribution in [1.29, 1.82) is 0 Å². The molecule has 1 aromatic heterocycles. The van der Waals surface area contributed by atoms with Gasteiger partial charge in [-0.05, 0) is 55.3 Å². The molecule has 0 bridgehead atoms. The van der Waals surface area contributed by atoms with E-state index < -0.39 is 0 Å². The number of hydrogen-bond acceptors (Lipinski definition) is 5. The van der Waals surface area contributed by atoms with Gasteiger partial charge < -0.3 is 14.6 Å². The van der Waals surface area contributed by atoms with Crippen LogP contribution in [0.5, 0.6) is 0 Å². The number of aryl methyl sites for hydroxylation is 2. The summed E-state index contributed by atoms with van der Waals surface area (Å²) in [5.41, 5.74) is 3.79. The van der Waals surface area contributed by atoms with Gasteiger partial charge in [-0.2, -0.15) is 0 Å². The van der Waals surface area contributed by atoms with Crippen LogP contribution in [-0.4, -0.2) is 59.3 Å². The Morgan fingerprint density at radius 2 is 1.79 bits per heavy atom. The molecule has 1 aliphatic rings. The van der Waals surface area contributed by atoms with Crippen LogP contribution in [0.2, 0.25) is 0 Å². The van der Waals surface area contributed by atoms with E-state index in [0.29, 0.717) is 57.2 Å². The number of rotatable bonds is 7. The van der Waals surface area contributed by atoms with Crippen molar-refractivity contribution in [3.05, 3.63) is 71.5 Å². The molecular weight excluding hydrogens is 435 g/mol. The van der Waals surface area contributed by atoms with Crippen molar-refractivity contribution < 1.29 is 18.4 Å². The molecule has 7 nitrogen and oxygen atoms in total. The normalized spacial score (nSPS) is 14.3. The lowest BCUT2D eigenvalue weighted by atomic mass is 10.1. The number of piperazine rings is 1. The number of carbonyl (C=O) groups excluding carboxylic acids is 2. The molecule has 34 heavy (non-hydrogen) atoms. The highest BCUT2D eigenvalue weighted by Crippen LogP contribution is 2.21. The van der Waals surface area contributed by atoms with Crippen LogP contribution >= 0.6 is 0 Å². The van der Waals surface area contributed by atoms with Gasteiger partial charge in [-0.25, -0.2) is 9.37 Å². The molecule has 2 amide bonds. The molecule has 1 N–H and O–H groups in total. The number of carbonyl (C=O) groups is 2. The Labute approximate surface area is 198 Å². The molecule has 0 aliphatic carbocycles. The smallest absolute Gasteiger partial charge is 0.238 e. The predicted octanol–water partition coefficient (Wildman–Crippen LogP) is 3.81.